The minimum Gasteiger partial charge on any atom is -0.471 e. The average Bonchev–Trinajstić information content (AvgIpc) is 3.31. The Bertz CT molecular complexity index is 1010. The van der Waals surface area contributed by atoms with Gasteiger partial charge in [0.15, 0.2) is 12.4 Å². The Morgan fingerprint density at radius 1 is 1.17 bits per heavy atom. The monoisotopic (exact) mass is 421 g/mol. The van der Waals surface area contributed by atoms with Gasteiger partial charge in [0, 0.05) is 25.0 Å². The molecule has 0 fully saturated rings. The van der Waals surface area contributed by atoms with Crippen molar-refractivity contribution < 1.29 is 22.7 Å². The van der Waals surface area contributed by atoms with Crippen LogP contribution in [0.4, 0.5) is 13.2 Å². The molecule has 0 atom stereocenters. The van der Waals surface area contributed by atoms with Crippen LogP contribution in [0.5, 0.6) is 5.75 Å². The Kier molecular flexibility index (Phi) is 6.43. The molecule has 160 valence electrons. The van der Waals surface area contributed by atoms with Gasteiger partial charge in [0.25, 0.3) is 5.91 Å². The number of rotatable bonds is 8. The highest BCUT2D eigenvalue weighted by Crippen LogP contribution is 2.28. The second kappa shape index (κ2) is 9.02. The molecule has 1 N–H and O–H groups in total. The van der Waals surface area contributed by atoms with Crippen LogP contribution in [-0.4, -0.2) is 32.0 Å². The maximum absolute atomic E-state index is 12.7. The molecule has 0 unspecified atom stereocenters. The van der Waals surface area contributed by atoms with E-state index in [0.717, 1.165) is 17.4 Å². The third kappa shape index (κ3) is 5.40. The van der Waals surface area contributed by atoms with Crippen LogP contribution in [0, 0.1) is 13.8 Å². The third-order valence-electron chi connectivity index (χ3n) is 4.42. The molecule has 0 aliphatic rings. The van der Waals surface area contributed by atoms with E-state index in [1.807, 2.05) is 31.2 Å². The van der Waals surface area contributed by atoms with E-state index < -0.39 is 11.9 Å². The number of hydrogen-bond donors (Lipinski definition) is 1. The first kappa shape index (κ1) is 21.4. The van der Waals surface area contributed by atoms with Crippen molar-refractivity contribution in [3.63, 3.8) is 0 Å². The first-order valence-corrected chi connectivity index (χ1v) is 9.36. The summed E-state index contributed by atoms with van der Waals surface area (Å²) in [4.78, 5) is 12.2. The van der Waals surface area contributed by atoms with E-state index in [-0.39, 0.29) is 31.4 Å². The Morgan fingerprint density at radius 2 is 1.93 bits per heavy atom. The summed E-state index contributed by atoms with van der Waals surface area (Å²) in [6.07, 6.45) is -2.40. The fraction of sp³-hybridized carbons (Fsp3) is 0.350. The van der Waals surface area contributed by atoms with Gasteiger partial charge < -0.3 is 10.1 Å². The number of para-hydroxylation sites is 1. The van der Waals surface area contributed by atoms with Crippen LogP contribution >= 0.6 is 0 Å². The average molecular weight is 421 g/mol. The SMILES string of the molecule is Cc1ccccc1OCn1ccc(C(=O)NCCCn2nc(C(F)(F)F)cc2C)n1. The van der Waals surface area contributed by atoms with Crippen molar-refractivity contribution in [2.75, 3.05) is 6.54 Å². The summed E-state index contributed by atoms with van der Waals surface area (Å²) in [5, 5.41) is 10.4. The van der Waals surface area contributed by atoms with Gasteiger partial charge in [0.2, 0.25) is 0 Å². The molecule has 1 amide bonds. The number of hydrogen-bond acceptors (Lipinski definition) is 4. The molecule has 0 radical (unpaired) electrons. The fourth-order valence-electron chi connectivity index (χ4n) is 2.81. The topological polar surface area (TPSA) is 74.0 Å². The molecule has 0 saturated carbocycles. The van der Waals surface area contributed by atoms with Crippen molar-refractivity contribution in [3.05, 3.63) is 65.2 Å². The van der Waals surface area contributed by atoms with E-state index in [2.05, 4.69) is 15.5 Å². The van der Waals surface area contributed by atoms with Crippen LogP contribution in [0.1, 0.15) is 33.9 Å². The number of aromatic nitrogens is 4. The van der Waals surface area contributed by atoms with Gasteiger partial charge in [-0.3, -0.25) is 9.48 Å². The number of nitrogens with zero attached hydrogens (tertiary/aromatic N) is 4. The van der Waals surface area contributed by atoms with Crippen LogP contribution in [0.25, 0.3) is 0 Å². The smallest absolute Gasteiger partial charge is 0.435 e. The molecule has 3 aromatic rings. The number of halogens is 3. The van der Waals surface area contributed by atoms with Crippen LogP contribution in [-0.2, 0) is 19.5 Å². The van der Waals surface area contributed by atoms with Crippen LogP contribution in [0.3, 0.4) is 0 Å². The number of ether oxygens (including phenoxy) is 1. The number of carbonyl (C=O) groups is 1. The molecule has 0 bridgehead atoms. The first-order valence-electron chi connectivity index (χ1n) is 9.36. The predicted octanol–water partition coefficient (Wildman–Crippen LogP) is 3.57. The summed E-state index contributed by atoms with van der Waals surface area (Å²) >= 11 is 0. The number of benzene rings is 1. The summed E-state index contributed by atoms with van der Waals surface area (Å²) in [5.41, 5.74) is 0.735. The van der Waals surface area contributed by atoms with Crippen molar-refractivity contribution >= 4 is 5.91 Å². The van der Waals surface area contributed by atoms with Gasteiger partial charge in [0.05, 0.1) is 0 Å². The molecular formula is C20H22F3N5O2. The van der Waals surface area contributed by atoms with Crippen LogP contribution in [0.15, 0.2) is 42.6 Å². The van der Waals surface area contributed by atoms with Crippen LogP contribution in [0.2, 0.25) is 0 Å². The number of carbonyl (C=O) groups excluding carboxylic acids is 1. The summed E-state index contributed by atoms with van der Waals surface area (Å²) in [7, 11) is 0. The second-order valence-corrected chi connectivity index (χ2v) is 6.78. The highest BCUT2D eigenvalue weighted by molar-refractivity contribution is 5.92. The largest absolute Gasteiger partial charge is 0.471 e. The number of alkyl halides is 3. The van der Waals surface area contributed by atoms with Crippen molar-refractivity contribution in [3.8, 4) is 5.75 Å². The molecule has 7 nitrogen and oxygen atoms in total. The van der Waals surface area contributed by atoms with E-state index in [0.29, 0.717) is 12.1 Å². The maximum atomic E-state index is 12.7. The van der Waals surface area contributed by atoms with Gasteiger partial charge in [-0.25, -0.2) is 4.68 Å². The molecule has 0 aliphatic heterocycles. The first-order chi connectivity index (χ1) is 14.2. The summed E-state index contributed by atoms with van der Waals surface area (Å²) in [5.74, 6) is 0.374. The molecule has 3 rings (SSSR count). The zero-order chi connectivity index (χ0) is 21.7. The van der Waals surface area contributed by atoms with Gasteiger partial charge in [-0.2, -0.15) is 23.4 Å². The summed E-state index contributed by atoms with van der Waals surface area (Å²) in [6.45, 7) is 4.21. The Morgan fingerprint density at radius 3 is 2.63 bits per heavy atom. The Labute approximate surface area is 171 Å². The lowest BCUT2D eigenvalue weighted by Crippen LogP contribution is -2.26. The normalized spacial score (nSPS) is 11.5. The molecule has 1 aromatic carbocycles. The van der Waals surface area contributed by atoms with Crippen molar-refractivity contribution in [1.82, 2.24) is 24.9 Å². The molecule has 10 heteroatoms. The van der Waals surface area contributed by atoms with Gasteiger partial charge >= 0.3 is 6.18 Å². The lowest BCUT2D eigenvalue weighted by Gasteiger charge is -2.08. The zero-order valence-electron chi connectivity index (χ0n) is 16.6. The molecular weight excluding hydrogens is 399 g/mol. The van der Waals surface area contributed by atoms with Gasteiger partial charge in [-0.05, 0) is 44.0 Å². The Balaban J connectivity index is 1.45. The van der Waals surface area contributed by atoms with E-state index in [9.17, 15) is 18.0 Å². The van der Waals surface area contributed by atoms with Crippen molar-refractivity contribution in [1.29, 1.82) is 0 Å². The summed E-state index contributed by atoms with van der Waals surface area (Å²) in [6, 6.07) is 10.2. The van der Waals surface area contributed by atoms with Gasteiger partial charge in [-0.15, -0.1) is 0 Å². The van der Waals surface area contributed by atoms with Gasteiger partial charge in [0.1, 0.15) is 11.4 Å². The second-order valence-electron chi connectivity index (χ2n) is 6.78. The molecule has 0 saturated heterocycles. The molecule has 30 heavy (non-hydrogen) atoms. The molecule has 2 aromatic heterocycles. The number of nitrogens with one attached hydrogen (secondary N) is 1. The number of amides is 1. The predicted molar refractivity (Wildman–Crippen MR) is 103 cm³/mol. The lowest BCUT2D eigenvalue weighted by molar-refractivity contribution is -0.141. The van der Waals surface area contributed by atoms with Crippen molar-refractivity contribution in [2.45, 2.75) is 39.7 Å². The highest BCUT2D eigenvalue weighted by atomic mass is 19.4. The quantitative estimate of drug-likeness (QED) is 0.565. The minimum absolute atomic E-state index is 0.165. The highest BCUT2D eigenvalue weighted by Gasteiger charge is 2.34. The number of aryl methyl sites for hydroxylation is 3. The van der Waals surface area contributed by atoms with Gasteiger partial charge in [-0.1, -0.05) is 18.2 Å². The third-order valence-corrected chi connectivity index (χ3v) is 4.42. The Hall–Kier alpha value is -3.30. The molecule has 2 heterocycles. The maximum Gasteiger partial charge on any atom is 0.435 e. The fourth-order valence-corrected chi connectivity index (χ4v) is 2.81. The molecule has 0 aliphatic carbocycles. The van der Waals surface area contributed by atoms with Crippen molar-refractivity contribution in [2.24, 2.45) is 0 Å². The van der Waals surface area contributed by atoms with Crippen LogP contribution < -0.4 is 10.1 Å². The molecule has 0 spiro atoms. The minimum atomic E-state index is -4.47. The van der Waals surface area contributed by atoms with E-state index in [1.54, 1.807) is 19.2 Å². The summed E-state index contributed by atoms with van der Waals surface area (Å²) < 4.78 is 46.5. The van der Waals surface area contributed by atoms with E-state index in [1.165, 1.54) is 9.36 Å². The van der Waals surface area contributed by atoms with E-state index >= 15 is 0 Å². The zero-order valence-corrected chi connectivity index (χ0v) is 16.6. The van der Waals surface area contributed by atoms with E-state index in [4.69, 9.17) is 4.74 Å². The lowest BCUT2D eigenvalue weighted by atomic mass is 10.2. The standard InChI is InChI=1S/C20H22F3N5O2/c1-14-6-3-4-7-17(14)30-13-27-11-8-16(25-27)19(29)24-9-5-10-28-15(2)12-18(26-28)20(21,22)23/h3-4,6-8,11-12H,5,9-10,13H2,1-2H3,(H,24,29).